The molecule has 3 N–H and O–H groups in total. The standard InChI is InChI=1S/C26H24ClN3O7/c1-2-34-23-13-16(7-10-22(23)36-12-11-35-21-6-4-3-5-18(21)27)25(32)37-15-24(31)28-17-8-9-19-20(14-17)30-26(33)29-19/h3-10,13-14H,2,11-12,15H2,1H3,(H,28,31)(H2,29,30,33). The zero-order valence-electron chi connectivity index (χ0n) is 19.8. The zero-order chi connectivity index (χ0) is 26.2. The number of fused-ring (bicyclic) bond motifs is 1. The van der Waals surface area contributed by atoms with Crippen LogP contribution in [0.2, 0.25) is 5.02 Å². The van der Waals surface area contributed by atoms with Gasteiger partial charge in [0.2, 0.25) is 0 Å². The lowest BCUT2D eigenvalue weighted by Gasteiger charge is -2.14. The Morgan fingerprint density at radius 2 is 1.62 bits per heavy atom. The number of aromatic amines is 2. The quantitative estimate of drug-likeness (QED) is 0.198. The van der Waals surface area contributed by atoms with Crippen LogP contribution in [0.25, 0.3) is 11.0 Å². The van der Waals surface area contributed by atoms with Crippen LogP contribution in [-0.4, -0.2) is 48.3 Å². The third kappa shape index (κ3) is 6.83. The number of esters is 1. The molecule has 4 aromatic rings. The van der Waals surface area contributed by atoms with Crippen molar-refractivity contribution < 1.29 is 28.5 Å². The first-order valence-corrected chi connectivity index (χ1v) is 11.8. The zero-order valence-corrected chi connectivity index (χ0v) is 20.6. The largest absolute Gasteiger partial charge is 0.490 e. The number of carbonyl (C=O) groups is 2. The SMILES string of the molecule is CCOc1cc(C(=O)OCC(=O)Nc2ccc3[nH]c(=O)[nH]c3c2)ccc1OCCOc1ccccc1Cl. The third-order valence-electron chi connectivity index (χ3n) is 5.05. The van der Waals surface area contributed by atoms with Crippen molar-refractivity contribution in [1.29, 1.82) is 0 Å². The molecule has 0 atom stereocenters. The average Bonchev–Trinajstić information content (AvgIpc) is 3.26. The smallest absolute Gasteiger partial charge is 0.338 e. The van der Waals surface area contributed by atoms with Crippen molar-refractivity contribution in [3.05, 3.63) is 81.7 Å². The van der Waals surface area contributed by atoms with Crippen molar-refractivity contribution in [3.8, 4) is 17.2 Å². The molecule has 0 aliphatic carbocycles. The summed E-state index contributed by atoms with van der Waals surface area (Å²) in [7, 11) is 0. The van der Waals surface area contributed by atoms with Crippen molar-refractivity contribution in [2.24, 2.45) is 0 Å². The van der Waals surface area contributed by atoms with Gasteiger partial charge in [-0.05, 0) is 55.5 Å². The first kappa shape index (κ1) is 25.6. The van der Waals surface area contributed by atoms with Crippen molar-refractivity contribution in [2.45, 2.75) is 6.92 Å². The highest BCUT2D eigenvalue weighted by molar-refractivity contribution is 6.32. The van der Waals surface area contributed by atoms with E-state index in [9.17, 15) is 14.4 Å². The van der Waals surface area contributed by atoms with Crippen molar-refractivity contribution in [3.63, 3.8) is 0 Å². The lowest BCUT2D eigenvalue weighted by molar-refractivity contribution is -0.119. The van der Waals surface area contributed by atoms with Gasteiger partial charge in [-0.1, -0.05) is 23.7 Å². The molecule has 1 aromatic heterocycles. The van der Waals surface area contributed by atoms with Gasteiger partial charge in [0.05, 0.1) is 28.2 Å². The number of hydrogen-bond donors (Lipinski definition) is 3. The van der Waals surface area contributed by atoms with Gasteiger partial charge in [-0.25, -0.2) is 9.59 Å². The van der Waals surface area contributed by atoms with Crippen molar-refractivity contribution in [2.75, 3.05) is 31.7 Å². The lowest BCUT2D eigenvalue weighted by atomic mass is 10.2. The molecule has 0 aliphatic heterocycles. The minimum atomic E-state index is -0.699. The normalized spacial score (nSPS) is 10.6. The molecule has 37 heavy (non-hydrogen) atoms. The maximum atomic E-state index is 12.5. The fourth-order valence-electron chi connectivity index (χ4n) is 3.41. The summed E-state index contributed by atoms with van der Waals surface area (Å²) in [6.45, 7) is 2.13. The van der Waals surface area contributed by atoms with Crippen LogP contribution in [0.15, 0.2) is 65.5 Å². The highest BCUT2D eigenvalue weighted by atomic mass is 35.5. The molecule has 1 amide bonds. The number of carbonyl (C=O) groups excluding carboxylic acids is 2. The van der Waals surface area contributed by atoms with Crippen LogP contribution in [0.1, 0.15) is 17.3 Å². The number of ether oxygens (including phenoxy) is 4. The molecule has 0 saturated carbocycles. The second-order valence-electron chi connectivity index (χ2n) is 7.69. The first-order chi connectivity index (χ1) is 17.9. The molecule has 0 bridgehead atoms. The Morgan fingerprint density at radius 1 is 0.865 bits per heavy atom. The van der Waals surface area contributed by atoms with Gasteiger partial charge in [0.15, 0.2) is 18.1 Å². The van der Waals surface area contributed by atoms with Gasteiger partial charge in [-0.15, -0.1) is 0 Å². The fraction of sp³-hybridized carbons (Fsp3) is 0.192. The average molecular weight is 526 g/mol. The number of imidazole rings is 1. The number of amides is 1. The molecule has 1 heterocycles. The number of benzene rings is 3. The highest BCUT2D eigenvalue weighted by Gasteiger charge is 2.15. The van der Waals surface area contributed by atoms with Crippen LogP contribution in [0.4, 0.5) is 5.69 Å². The second kappa shape index (κ2) is 12.0. The van der Waals surface area contributed by atoms with Crippen LogP contribution in [0.5, 0.6) is 17.2 Å². The Labute approximate surface area is 216 Å². The number of H-pyrrole nitrogens is 2. The van der Waals surface area contributed by atoms with Gasteiger partial charge >= 0.3 is 11.7 Å². The fourth-order valence-corrected chi connectivity index (χ4v) is 3.60. The van der Waals surface area contributed by atoms with Crippen LogP contribution in [-0.2, 0) is 9.53 Å². The molecule has 192 valence electrons. The number of anilines is 1. The predicted octanol–water partition coefficient (Wildman–Crippen LogP) is 4.16. The van der Waals surface area contributed by atoms with Gasteiger partial charge in [0.1, 0.15) is 19.0 Å². The highest BCUT2D eigenvalue weighted by Crippen LogP contribution is 2.29. The third-order valence-corrected chi connectivity index (χ3v) is 5.36. The summed E-state index contributed by atoms with van der Waals surface area (Å²) in [6.07, 6.45) is 0. The van der Waals surface area contributed by atoms with E-state index in [0.29, 0.717) is 45.6 Å². The molecule has 0 aliphatic rings. The van der Waals surface area contributed by atoms with Gasteiger partial charge in [0, 0.05) is 5.69 Å². The van der Waals surface area contributed by atoms with E-state index in [1.807, 2.05) is 12.1 Å². The van der Waals surface area contributed by atoms with E-state index in [2.05, 4.69) is 15.3 Å². The molecule has 0 fully saturated rings. The number of hydrogen-bond acceptors (Lipinski definition) is 7. The minimum Gasteiger partial charge on any atom is -0.490 e. The summed E-state index contributed by atoms with van der Waals surface area (Å²) in [5.74, 6) is 0.106. The summed E-state index contributed by atoms with van der Waals surface area (Å²) in [5, 5.41) is 3.12. The van der Waals surface area contributed by atoms with Crippen LogP contribution in [0, 0.1) is 0 Å². The molecule has 0 spiro atoms. The minimum absolute atomic E-state index is 0.197. The van der Waals surface area contributed by atoms with Crippen LogP contribution >= 0.6 is 11.6 Å². The lowest BCUT2D eigenvalue weighted by Crippen LogP contribution is -2.21. The summed E-state index contributed by atoms with van der Waals surface area (Å²) >= 11 is 6.07. The summed E-state index contributed by atoms with van der Waals surface area (Å²) in [6, 6.07) is 16.6. The Kier molecular flexibility index (Phi) is 8.32. The van der Waals surface area contributed by atoms with Gasteiger partial charge in [-0.3, -0.25) is 4.79 Å². The first-order valence-electron chi connectivity index (χ1n) is 11.4. The number of para-hydroxylation sites is 1. The van der Waals surface area contributed by atoms with Gasteiger partial charge < -0.3 is 34.2 Å². The number of rotatable bonds is 11. The topological polar surface area (TPSA) is 132 Å². The monoisotopic (exact) mass is 525 g/mol. The van der Waals surface area contributed by atoms with E-state index in [4.69, 9.17) is 30.5 Å². The maximum Gasteiger partial charge on any atom is 0.338 e. The van der Waals surface area contributed by atoms with E-state index < -0.39 is 18.5 Å². The number of halogens is 1. The molecule has 11 heteroatoms. The van der Waals surface area contributed by atoms with E-state index >= 15 is 0 Å². The van der Waals surface area contributed by atoms with E-state index in [1.165, 1.54) is 12.1 Å². The molecule has 0 saturated heterocycles. The molecule has 10 nitrogen and oxygen atoms in total. The Bertz CT molecular complexity index is 1460. The van der Waals surface area contributed by atoms with E-state index in [-0.39, 0.29) is 24.5 Å². The molecular formula is C26H24ClN3O7. The molecule has 0 radical (unpaired) electrons. The van der Waals surface area contributed by atoms with E-state index in [0.717, 1.165) is 0 Å². The summed E-state index contributed by atoms with van der Waals surface area (Å²) < 4.78 is 22.1. The number of nitrogens with one attached hydrogen (secondary N) is 3. The van der Waals surface area contributed by atoms with Gasteiger partial charge in [-0.2, -0.15) is 0 Å². The number of aromatic nitrogens is 2. The van der Waals surface area contributed by atoms with Crippen molar-refractivity contribution in [1.82, 2.24) is 9.97 Å². The summed E-state index contributed by atoms with van der Waals surface area (Å²) in [4.78, 5) is 41.4. The Morgan fingerprint density at radius 3 is 2.41 bits per heavy atom. The van der Waals surface area contributed by atoms with Crippen molar-refractivity contribution >= 4 is 40.2 Å². The molecule has 4 rings (SSSR count). The van der Waals surface area contributed by atoms with Gasteiger partial charge in [0.25, 0.3) is 5.91 Å². The van der Waals surface area contributed by atoms with Crippen LogP contribution in [0.3, 0.4) is 0 Å². The van der Waals surface area contributed by atoms with E-state index in [1.54, 1.807) is 43.3 Å². The van der Waals surface area contributed by atoms with Crippen LogP contribution < -0.4 is 25.2 Å². The maximum absolute atomic E-state index is 12.5. The summed E-state index contributed by atoms with van der Waals surface area (Å²) in [5.41, 5.74) is 1.45. The molecule has 0 unspecified atom stereocenters. The molecule has 3 aromatic carbocycles. The Balaban J connectivity index is 1.30. The predicted molar refractivity (Wildman–Crippen MR) is 138 cm³/mol. The second-order valence-corrected chi connectivity index (χ2v) is 8.09. The molecular weight excluding hydrogens is 502 g/mol. The Hall–Kier alpha value is -4.44.